The number of ether oxygens (including phenoxy) is 1. The predicted molar refractivity (Wildman–Crippen MR) is 119 cm³/mol. The molecule has 0 unspecified atom stereocenters. The molecule has 5 nitrogen and oxygen atoms in total. The fraction of sp³-hybridized carbons (Fsp3) is 0.130. The van der Waals surface area contributed by atoms with Gasteiger partial charge in [0.1, 0.15) is 5.75 Å². The van der Waals surface area contributed by atoms with E-state index in [0.717, 1.165) is 32.7 Å². The molecule has 4 rings (SSSR count). The summed E-state index contributed by atoms with van der Waals surface area (Å²) in [5.41, 5.74) is 2.91. The summed E-state index contributed by atoms with van der Waals surface area (Å²) >= 11 is 1.55. The van der Waals surface area contributed by atoms with Crippen molar-refractivity contribution in [2.24, 2.45) is 0 Å². The van der Waals surface area contributed by atoms with Crippen LogP contribution in [-0.4, -0.2) is 17.5 Å². The van der Waals surface area contributed by atoms with E-state index in [9.17, 15) is 4.79 Å². The minimum absolute atomic E-state index is 0.0591. The van der Waals surface area contributed by atoms with Crippen LogP contribution in [0.15, 0.2) is 72.2 Å². The molecule has 146 valence electrons. The van der Waals surface area contributed by atoms with Crippen molar-refractivity contribution in [2.75, 3.05) is 17.2 Å². The number of nitrogens with zero attached hydrogens (tertiary/aromatic N) is 1. The molecule has 0 aliphatic carbocycles. The number of benzene rings is 3. The smallest absolute Gasteiger partial charge is 0.262 e. The van der Waals surface area contributed by atoms with Crippen molar-refractivity contribution in [3.05, 3.63) is 83.4 Å². The molecule has 0 saturated carbocycles. The van der Waals surface area contributed by atoms with Crippen LogP contribution < -0.4 is 15.4 Å². The Morgan fingerprint density at radius 2 is 1.90 bits per heavy atom. The number of aromatic nitrogens is 1. The lowest BCUT2D eigenvalue weighted by atomic mass is 10.0. The van der Waals surface area contributed by atoms with Crippen LogP contribution in [0.25, 0.3) is 10.8 Å². The summed E-state index contributed by atoms with van der Waals surface area (Å²) in [5.74, 6) is 0.493. The zero-order valence-corrected chi connectivity index (χ0v) is 16.8. The number of hydrogen-bond donors (Lipinski definition) is 2. The lowest BCUT2D eigenvalue weighted by molar-refractivity contribution is -0.118. The van der Waals surface area contributed by atoms with E-state index in [-0.39, 0.29) is 12.5 Å². The van der Waals surface area contributed by atoms with Gasteiger partial charge < -0.3 is 15.4 Å². The maximum atomic E-state index is 12.3. The summed E-state index contributed by atoms with van der Waals surface area (Å²) in [6.45, 7) is 2.51. The van der Waals surface area contributed by atoms with Gasteiger partial charge in [-0.1, -0.05) is 48.0 Å². The van der Waals surface area contributed by atoms with Gasteiger partial charge in [0.05, 0.1) is 0 Å². The van der Waals surface area contributed by atoms with E-state index in [1.54, 1.807) is 17.5 Å². The summed E-state index contributed by atoms with van der Waals surface area (Å²) in [6, 6.07) is 19.8. The second kappa shape index (κ2) is 8.75. The Balaban J connectivity index is 1.50. The third-order valence-electron chi connectivity index (χ3n) is 4.54. The van der Waals surface area contributed by atoms with E-state index >= 15 is 0 Å². The minimum atomic E-state index is -0.194. The normalized spacial score (nSPS) is 10.7. The van der Waals surface area contributed by atoms with Gasteiger partial charge in [0.25, 0.3) is 5.91 Å². The topological polar surface area (TPSA) is 63.2 Å². The lowest BCUT2D eigenvalue weighted by Gasteiger charge is -2.15. The largest absolute Gasteiger partial charge is 0.483 e. The summed E-state index contributed by atoms with van der Waals surface area (Å²) < 4.78 is 5.90. The van der Waals surface area contributed by atoms with Gasteiger partial charge in [-0.2, -0.15) is 0 Å². The molecule has 1 aromatic heterocycles. The fourth-order valence-electron chi connectivity index (χ4n) is 3.09. The number of carbonyl (C=O) groups excluding carboxylic acids is 1. The highest BCUT2D eigenvalue weighted by Crippen LogP contribution is 2.29. The summed E-state index contributed by atoms with van der Waals surface area (Å²) in [5, 5.41) is 11.2. The maximum Gasteiger partial charge on any atom is 0.262 e. The van der Waals surface area contributed by atoms with Gasteiger partial charge in [-0.05, 0) is 35.9 Å². The van der Waals surface area contributed by atoms with Gasteiger partial charge in [0.2, 0.25) is 0 Å². The van der Waals surface area contributed by atoms with Crippen molar-refractivity contribution in [1.82, 2.24) is 4.98 Å². The Bertz CT molecular complexity index is 1110. The van der Waals surface area contributed by atoms with Crippen LogP contribution in [0, 0.1) is 6.92 Å². The van der Waals surface area contributed by atoms with Crippen molar-refractivity contribution in [2.45, 2.75) is 13.5 Å². The Hall–Kier alpha value is -3.38. The average molecular weight is 404 g/mol. The molecule has 0 aliphatic heterocycles. The highest BCUT2D eigenvalue weighted by Gasteiger charge is 2.12. The number of carbonyl (C=O) groups is 1. The SMILES string of the molecule is Cc1ccc(NC(=O)COc2ccc3ccccc3c2CNc2nccs2)cc1. The van der Waals surface area contributed by atoms with Crippen LogP contribution in [0.2, 0.25) is 0 Å². The van der Waals surface area contributed by atoms with Gasteiger partial charge in [0.15, 0.2) is 11.7 Å². The monoisotopic (exact) mass is 403 g/mol. The van der Waals surface area contributed by atoms with Gasteiger partial charge in [0, 0.05) is 29.4 Å². The third kappa shape index (κ3) is 4.73. The Morgan fingerprint density at radius 1 is 1.07 bits per heavy atom. The fourth-order valence-corrected chi connectivity index (χ4v) is 3.61. The highest BCUT2D eigenvalue weighted by atomic mass is 32.1. The molecule has 2 N–H and O–H groups in total. The summed E-state index contributed by atoms with van der Waals surface area (Å²) in [7, 11) is 0. The van der Waals surface area contributed by atoms with Crippen LogP contribution in [0.3, 0.4) is 0 Å². The molecule has 4 aromatic rings. The molecule has 1 heterocycles. The van der Waals surface area contributed by atoms with Gasteiger partial charge in [-0.15, -0.1) is 11.3 Å². The number of hydrogen-bond acceptors (Lipinski definition) is 5. The molecule has 0 atom stereocenters. The van der Waals surface area contributed by atoms with E-state index in [0.29, 0.717) is 12.3 Å². The summed E-state index contributed by atoms with van der Waals surface area (Å²) in [4.78, 5) is 16.6. The van der Waals surface area contributed by atoms with E-state index in [1.165, 1.54) is 0 Å². The molecule has 0 aliphatic rings. The average Bonchev–Trinajstić information content (AvgIpc) is 3.26. The zero-order chi connectivity index (χ0) is 20.1. The molecule has 1 amide bonds. The van der Waals surface area contributed by atoms with Crippen molar-refractivity contribution in [3.63, 3.8) is 0 Å². The van der Waals surface area contributed by atoms with E-state index < -0.39 is 0 Å². The van der Waals surface area contributed by atoms with Crippen molar-refractivity contribution in [3.8, 4) is 5.75 Å². The van der Waals surface area contributed by atoms with Crippen LogP contribution in [0.4, 0.5) is 10.8 Å². The summed E-state index contributed by atoms with van der Waals surface area (Å²) in [6.07, 6.45) is 1.77. The van der Waals surface area contributed by atoms with Crippen molar-refractivity contribution < 1.29 is 9.53 Å². The van der Waals surface area contributed by atoms with Crippen molar-refractivity contribution >= 4 is 38.8 Å². The first-order chi connectivity index (χ1) is 14.2. The Kier molecular flexibility index (Phi) is 5.72. The third-order valence-corrected chi connectivity index (χ3v) is 5.27. The molecule has 3 aromatic carbocycles. The van der Waals surface area contributed by atoms with E-state index in [2.05, 4.69) is 27.8 Å². The van der Waals surface area contributed by atoms with Gasteiger partial charge in [-0.25, -0.2) is 4.98 Å². The minimum Gasteiger partial charge on any atom is -0.483 e. The molecule has 29 heavy (non-hydrogen) atoms. The Morgan fingerprint density at radius 3 is 2.69 bits per heavy atom. The number of anilines is 2. The van der Waals surface area contributed by atoms with Crippen molar-refractivity contribution in [1.29, 1.82) is 0 Å². The molecular weight excluding hydrogens is 382 g/mol. The molecule has 0 saturated heterocycles. The van der Waals surface area contributed by atoms with Crippen LogP contribution >= 0.6 is 11.3 Å². The number of rotatable bonds is 7. The standard InChI is InChI=1S/C23H21N3O2S/c1-16-6-9-18(10-7-16)26-22(27)15-28-21-11-8-17-4-2-3-5-19(17)20(21)14-25-23-24-12-13-29-23/h2-13H,14-15H2,1H3,(H,24,25)(H,26,27). The lowest BCUT2D eigenvalue weighted by Crippen LogP contribution is -2.20. The van der Waals surface area contributed by atoms with Crippen LogP contribution in [0.5, 0.6) is 5.75 Å². The van der Waals surface area contributed by atoms with Gasteiger partial charge in [-0.3, -0.25) is 4.79 Å². The molecule has 0 radical (unpaired) electrons. The van der Waals surface area contributed by atoms with E-state index in [4.69, 9.17) is 4.74 Å². The first-order valence-electron chi connectivity index (χ1n) is 9.32. The van der Waals surface area contributed by atoms with Crippen LogP contribution in [0.1, 0.15) is 11.1 Å². The number of fused-ring (bicyclic) bond motifs is 1. The number of aryl methyl sites for hydroxylation is 1. The second-order valence-electron chi connectivity index (χ2n) is 6.66. The number of nitrogens with one attached hydrogen (secondary N) is 2. The zero-order valence-electron chi connectivity index (χ0n) is 16.0. The Labute approximate surface area is 173 Å². The molecule has 0 bridgehead atoms. The molecular formula is C23H21N3O2S. The molecule has 0 fully saturated rings. The second-order valence-corrected chi connectivity index (χ2v) is 7.55. The molecule has 6 heteroatoms. The highest BCUT2D eigenvalue weighted by molar-refractivity contribution is 7.13. The number of thiazole rings is 1. The maximum absolute atomic E-state index is 12.3. The number of amides is 1. The molecule has 0 spiro atoms. The first kappa shape index (κ1) is 19.0. The van der Waals surface area contributed by atoms with Gasteiger partial charge >= 0.3 is 0 Å². The predicted octanol–water partition coefficient (Wildman–Crippen LogP) is 5.23. The first-order valence-corrected chi connectivity index (χ1v) is 10.2. The van der Waals surface area contributed by atoms with Crippen LogP contribution in [-0.2, 0) is 11.3 Å². The van der Waals surface area contributed by atoms with E-state index in [1.807, 2.05) is 60.8 Å². The quantitative estimate of drug-likeness (QED) is 0.443.